The summed E-state index contributed by atoms with van der Waals surface area (Å²) in [5.74, 6) is -0.894. The van der Waals surface area contributed by atoms with E-state index in [1.165, 1.54) is 12.3 Å². The van der Waals surface area contributed by atoms with Crippen LogP contribution in [0.15, 0.2) is 46.7 Å². The molecule has 0 unspecified atom stereocenters. The summed E-state index contributed by atoms with van der Waals surface area (Å²) in [6, 6.07) is 6.12. The number of hydrogen-bond donors (Lipinski definition) is 1. The molecule has 0 saturated carbocycles. The van der Waals surface area contributed by atoms with E-state index >= 15 is 0 Å². The molecule has 0 aliphatic carbocycles. The zero-order chi connectivity index (χ0) is 15.7. The van der Waals surface area contributed by atoms with Crippen LogP contribution in [0.1, 0.15) is 11.5 Å². The lowest BCUT2D eigenvalue weighted by molar-refractivity contribution is -0.130. The lowest BCUT2D eigenvalue weighted by Gasteiger charge is -2.25. The van der Waals surface area contributed by atoms with Crippen LogP contribution in [0.2, 0.25) is 0 Å². The van der Waals surface area contributed by atoms with Crippen molar-refractivity contribution < 1.29 is 18.8 Å². The average molecular weight is 299 g/mol. The van der Waals surface area contributed by atoms with Crippen molar-refractivity contribution in [2.45, 2.75) is 6.54 Å². The molecular weight excluding hydrogens is 286 g/mol. The monoisotopic (exact) mass is 299 g/mol. The Morgan fingerprint density at radius 1 is 1.23 bits per heavy atom. The van der Waals surface area contributed by atoms with Gasteiger partial charge in [0.15, 0.2) is 0 Å². The molecule has 1 N–H and O–H groups in total. The second-order valence-corrected chi connectivity index (χ2v) is 4.83. The first-order valence-corrected chi connectivity index (χ1v) is 6.59. The van der Waals surface area contributed by atoms with E-state index in [2.05, 4.69) is 5.32 Å². The highest BCUT2D eigenvalue weighted by Gasteiger charge is 2.36. The van der Waals surface area contributed by atoms with Crippen molar-refractivity contribution in [2.75, 3.05) is 0 Å². The van der Waals surface area contributed by atoms with Crippen LogP contribution in [0.4, 0.5) is 4.79 Å². The summed E-state index contributed by atoms with van der Waals surface area (Å²) >= 11 is 0. The van der Waals surface area contributed by atoms with E-state index < -0.39 is 17.8 Å². The Kier molecular flexibility index (Phi) is 3.38. The van der Waals surface area contributed by atoms with Gasteiger partial charge in [-0.15, -0.1) is 0 Å². The smallest absolute Gasteiger partial charge is 0.331 e. The average Bonchev–Trinajstić information content (AvgIpc) is 3.11. The fraction of sp³-hybridized carbons (Fsp3) is 0.133. The molecule has 1 fully saturated rings. The quantitative estimate of drug-likeness (QED) is 0.683. The van der Waals surface area contributed by atoms with Crippen molar-refractivity contribution in [3.8, 4) is 0 Å². The molecular formula is C15H13N3O4. The summed E-state index contributed by atoms with van der Waals surface area (Å²) < 4.78 is 6.90. The molecule has 0 spiro atoms. The third kappa shape index (κ3) is 2.44. The summed E-state index contributed by atoms with van der Waals surface area (Å²) in [6.45, 7) is -0.0323. The van der Waals surface area contributed by atoms with Gasteiger partial charge in [0.25, 0.3) is 11.8 Å². The molecule has 7 heteroatoms. The van der Waals surface area contributed by atoms with Gasteiger partial charge >= 0.3 is 6.03 Å². The Hall–Kier alpha value is -3.09. The van der Waals surface area contributed by atoms with Gasteiger partial charge in [-0.25, -0.2) is 4.79 Å². The minimum atomic E-state index is -0.754. The zero-order valence-electron chi connectivity index (χ0n) is 11.8. The maximum atomic E-state index is 12.4. The first kappa shape index (κ1) is 13.9. The van der Waals surface area contributed by atoms with Crippen LogP contribution in [0, 0.1) is 0 Å². The van der Waals surface area contributed by atoms with Crippen LogP contribution in [0.5, 0.6) is 0 Å². The van der Waals surface area contributed by atoms with Crippen molar-refractivity contribution in [1.82, 2.24) is 14.8 Å². The SMILES string of the molecule is Cn1cccc1/C=C1\C(=O)NC(=O)N(Cc2ccco2)C1=O. The second-order valence-electron chi connectivity index (χ2n) is 4.83. The lowest BCUT2D eigenvalue weighted by atomic mass is 10.1. The van der Waals surface area contributed by atoms with Crippen LogP contribution >= 0.6 is 0 Å². The summed E-state index contributed by atoms with van der Waals surface area (Å²) in [4.78, 5) is 37.2. The largest absolute Gasteiger partial charge is 0.467 e. The third-order valence-corrected chi connectivity index (χ3v) is 3.36. The Balaban J connectivity index is 1.92. The molecule has 0 aromatic carbocycles. The number of nitrogens with zero attached hydrogens (tertiary/aromatic N) is 2. The molecule has 1 saturated heterocycles. The molecule has 0 bridgehead atoms. The number of aromatic nitrogens is 1. The Morgan fingerprint density at radius 3 is 2.68 bits per heavy atom. The van der Waals surface area contributed by atoms with Crippen molar-refractivity contribution in [3.05, 3.63) is 53.8 Å². The van der Waals surface area contributed by atoms with Crippen molar-refractivity contribution in [1.29, 1.82) is 0 Å². The van der Waals surface area contributed by atoms with Gasteiger partial charge in [0.05, 0.1) is 12.8 Å². The van der Waals surface area contributed by atoms with Gasteiger partial charge < -0.3 is 8.98 Å². The van der Waals surface area contributed by atoms with Gasteiger partial charge in [-0.05, 0) is 30.3 Å². The van der Waals surface area contributed by atoms with Crippen molar-refractivity contribution in [2.24, 2.45) is 7.05 Å². The molecule has 4 amide bonds. The van der Waals surface area contributed by atoms with Gasteiger partial charge in [-0.1, -0.05) is 0 Å². The minimum Gasteiger partial charge on any atom is -0.467 e. The molecule has 0 radical (unpaired) electrons. The van der Waals surface area contributed by atoms with Crippen molar-refractivity contribution >= 4 is 23.9 Å². The number of hydrogen-bond acceptors (Lipinski definition) is 4. The number of aryl methyl sites for hydroxylation is 1. The fourth-order valence-corrected chi connectivity index (χ4v) is 2.17. The van der Waals surface area contributed by atoms with E-state index in [0.29, 0.717) is 11.5 Å². The van der Waals surface area contributed by atoms with Gasteiger partial charge in [-0.3, -0.25) is 19.8 Å². The van der Waals surface area contributed by atoms with E-state index in [0.717, 1.165) is 4.90 Å². The molecule has 2 aromatic heterocycles. The highest BCUT2D eigenvalue weighted by atomic mass is 16.3. The summed E-state index contributed by atoms with van der Waals surface area (Å²) in [6.07, 6.45) is 4.70. The van der Waals surface area contributed by atoms with Crippen LogP contribution in [0.25, 0.3) is 6.08 Å². The Bertz CT molecular complexity index is 771. The molecule has 112 valence electrons. The minimum absolute atomic E-state index is 0.0323. The predicted molar refractivity (Wildman–Crippen MR) is 76.2 cm³/mol. The van der Waals surface area contributed by atoms with Crippen LogP contribution < -0.4 is 5.32 Å². The molecule has 3 heterocycles. The molecule has 2 aromatic rings. The maximum Gasteiger partial charge on any atom is 0.331 e. The topological polar surface area (TPSA) is 84.6 Å². The number of nitrogens with one attached hydrogen (secondary N) is 1. The predicted octanol–water partition coefficient (Wildman–Crippen LogP) is 1.28. The lowest BCUT2D eigenvalue weighted by Crippen LogP contribution is -2.53. The fourth-order valence-electron chi connectivity index (χ4n) is 2.17. The molecule has 3 rings (SSSR count). The second kappa shape index (κ2) is 5.36. The molecule has 1 aliphatic heterocycles. The number of imide groups is 2. The number of carbonyl (C=O) groups excluding carboxylic acids is 3. The van der Waals surface area contributed by atoms with E-state index in [1.807, 2.05) is 0 Å². The Labute approximate surface area is 125 Å². The summed E-state index contributed by atoms with van der Waals surface area (Å²) in [5.41, 5.74) is 0.596. The maximum absolute atomic E-state index is 12.4. The number of amides is 4. The highest BCUT2D eigenvalue weighted by Crippen LogP contribution is 2.17. The zero-order valence-corrected chi connectivity index (χ0v) is 11.8. The molecule has 1 aliphatic rings. The van der Waals surface area contributed by atoms with Gasteiger partial charge in [0, 0.05) is 18.9 Å². The highest BCUT2D eigenvalue weighted by molar-refractivity contribution is 6.30. The van der Waals surface area contributed by atoms with Gasteiger partial charge in [-0.2, -0.15) is 0 Å². The number of carbonyl (C=O) groups is 3. The third-order valence-electron chi connectivity index (χ3n) is 3.36. The van der Waals surface area contributed by atoms with Crippen LogP contribution in [-0.2, 0) is 23.2 Å². The first-order valence-electron chi connectivity index (χ1n) is 6.59. The van der Waals surface area contributed by atoms with Crippen LogP contribution in [0.3, 0.4) is 0 Å². The molecule has 7 nitrogen and oxygen atoms in total. The van der Waals surface area contributed by atoms with E-state index in [-0.39, 0.29) is 12.1 Å². The summed E-state index contributed by atoms with van der Waals surface area (Å²) in [5, 5.41) is 2.16. The normalized spacial score (nSPS) is 17.2. The van der Waals surface area contributed by atoms with E-state index in [4.69, 9.17) is 4.42 Å². The number of urea groups is 1. The first-order chi connectivity index (χ1) is 10.6. The molecule has 22 heavy (non-hydrogen) atoms. The number of barbiturate groups is 1. The number of furan rings is 1. The molecule has 0 atom stereocenters. The summed E-state index contributed by atoms with van der Waals surface area (Å²) in [7, 11) is 1.80. The van der Waals surface area contributed by atoms with E-state index in [1.54, 1.807) is 42.1 Å². The Morgan fingerprint density at radius 2 is 2.05 bits per heavy atom. The standard InChI is InChI=1S/C15H13N3O4/c1-17-6-2-4-10(17)8-12-13(19)16-15(21)18(14(12)20)9-11-5-3-7-22-11/h2-8H,9H2,1H3,(H,16,19,21)/b12-8+. The van der Waals surface area contributed by atoms with Crippen molar-refractivity contribution in [3.63, 3.8) is 0 Å². The van der Waals surface area contributed by atoms with Gasteiger partial charge in [0.1, 0.15) is 11.3 Å². The van der Waals surface area contributed by atoms with E-state index in [9.17, 15) is 14.4 Å². The number of rotatable bonds is 3. The van der Waals surface area contributed by atoms with Gasteiger partial charge in [0.2, 0.25) is 0 Å². The van der Waals surface area contributed by atoms with Crippen LogP contribution in [-0.4, -0.2) is 27.3 Å².